The van der Waals surface area contributed by atoms with Gasteiger partial charge in [-0.2, -0.15) is 0 Å². The molecule has 2 N–H and O–H groups in total. The minimum Gasteiger partial charge on any atom is -0.481 e. The smallest absolute Gasteiger partial charge is 0.279 e. The van der Waals surface area contributed by atoms with Crippen LogP contribution in [0.1, 0.15) is 23.6 Å². The molecule has 26 heavy (non-hydrogen) atoms. The van der Waals surface area contributed by atoms with Crippen molar-refractivity contribution < 1.29 is 18.7 Å². The standard InChI is InChI=1S/C20H21FN2O3/c1-13-4-5-16(14(2)12-13)6-11-19(24)22-23-20(25)15(3)26-18-9-7-17(21)8-10-18/h4-12,15H,1-3H3,(H,22,24)(H,23,25)/b11-6+. The summed E-state index contributed by atoms with van der Waals surface area (Å²) in [4.78, 5) is 23.8. The molecule has 0 aromatic heterocycles. The normalized spacial score (nSPS) is 11.8. The molecule has 0 aliphatic rings. The van der Waals surface area contributed by atoms with Crippen LogP contribution in [0.15, 0.2) is 48.5 Å². The van der Waals surface area contributed by atoms with Gasteiger partial charge >= 0.3 is 0 Å². The SMILES string of the molecule is Cc1ccc(/C=C/C(=O)NNC(=O)C(C)Oc2ccc(F)cc2)c(C)c1. The maximum Gasteiger partial charge on any atom is 0.279 e. The third-order valence-electron chi connectivity index (χ3n) is 3.64. The predicted molar refractivity (Wildman–Crippen MR) is 97.7 cm³/mol. The molecular formula is C20H21FN2O3. The largest absolute Gasteiger partial charge is 0.481 e. The average Bonchev–Trinajstić information content (AvgIpc) is 2.60. The molecule has 0 fully saturated rings. The van der Waals surface area contributed by atoms with E-state index in [1.54, 1.807) is 6.08 Å². The predicted octanol–water partition coefficient (Wildman–Crippen LogP) is 3.07. The molecule has 0 heterocycles. The first-order valence-electron chi connectivity index (χ1n) is 8.12. The minimum absolute atomic E-state index is 0.357. The van der Waals surface area contributed by atoms with Gasteiger partial charge in [0.2, 0.25) is 0 Å². The van der Waals surface area contributed by atoms with E-state index in [0.717, 1.165) is 16.7 Å². The molecule has 0 saturated carbocycles. The lowest BCUT2D eigenvalue weighted by Crippen LogP contribution is -2.46. The third-order valence-corrected chi connectivity index (χ3v) is 3.64. The van der Waals surface area contributed by atoms with Gasteiger partial charge in [-0.05, 0) is 62.2 Å². The van der Waals surface area contributed by atoms with Gasteiger partial charge in [-0.1, -0.05) is 23.8 Å². The van der Waals surface area contributed by atoms with Gasteiger partial charge in [0.05, 0.1) is 0 Å². The van der Waals surface area contributed by atoms with Gasteiger partial charge in [-0.25, -0.2) is 4.39 Å². The van der Waals surface area contributed by atoms with Crippen molar-refractivity contribution >= 4 is 17.9 Å². The van der Waals surface area contributed by atoms with E-state index < -0.39 is 23.7 Å². The molecule has 0 bridgehead atoms. The Bertz CT molecular complexity index is 816. The van der Waals surface area contributed by atoms with Gasteiger partial charge in [0, 0.05) is 6.08 Å². The zero-order valence-corrected chi connectivity index (χ0v) is 14.9. The van der Waals surface area contributed by atoms with Crippen LogP contribution in [0.5, 0.6) is 5.75 Å². The number of benzene rings is 2. The summed E-state index contributed by atoms with van der Waals surface area (Å²) in [7, 11) is 0. The van der Waals surface area contributed by atoms with Crippen molar-refractivity contribution in [1.82, 2.24) is 10.9 Å². The number of amides is 2. The number of nitrogens with one attached hydrogen (secondary N) is 2. The van der Waals surface area contributed by atoms with E-state index in [0.29, 0.717) is 5.75 Å². The summed E-state index contributed by atoms with van der Waals surface area (Å²) in [6.07, 6.45) is 2.15. The van der Waals surface area contributed by atoms with Crippen LogP contribution in [-0.4, -0.2) is 17.9 Å². The maximum atomic E-state index is 12.8. The highest BCUT2D eigenvalue weighted by molar-refractivity contribution is 5.93. The third kappa shape index (κ3) is 5.73. The van der Waals surface area contributed by atoms with Gasteiger partial charge in [-0.15, -0.1) is 0 Å². The first-order chi connectivity index (χ1) is 12.3. The van der Waals surface area contributed by atoms with Crippen LogP contribution < -0.4 is 15.6 Å². The summed E-state index contributed by atoms with van der Waals surface area (Å²) in [6, 6.07) is 11.2. The number of halogens is 1. The average molecular weight is 356 g/mol. The zero-order chi connectivity index (χ0) is 19.1. The van der Waals surface area contributed by atoms with Crippen molar-refractivity contribution in [3.8, 4) is 5.75 Å². The second kappa shape index (κ2) is 8.80. The van der Waals surface area contributed by atoms with E-state index >= 15 is 0 Å². The molecular weight excluding hydrogens is 335 g/mol. The molecule has 0 saturated heterocycles. The molecule has 0 spiro atoms. The molecule has 2 rings (SSSR count). The Labute approximate surface area is 151 Å². The summed E-state index contributed by atoms with van der Waals surface area (Å²) in [5, 5.41) is 0. The number of hydrogen-bond acceptors (Lipinski definition) is 3. The highest BCUT2D eigenvalue weighted by atomic mass is 19.1. The molecule has 2 aromatic carbocycles. The number of carbonyl (C=O) groups is 2. The molecule has 1 atom stereocenters. The first-order valence-corrected chi connectivity index (χ1v) is 8.12. The maximum absolute atomic E-state index is 12.8. The van der Waals surface area contributed by atoms with Crippen molar-refractivity contribution in [2.24, 2.45) is 0 Å². The van der Waals surface area contributed by atoms with Crippen molar-refractivity contribution in [3.05, 3.63) is 71.0 Å². The van der Waals surface area contributed by atoms with Crippen molar-refractivity contribution in [2.45, 2.75) is 26.9 Å². The van der Waals surface area contributed by atoms with Gasteiger partial charge in [-0.3, -0.25) is 20.4 Å². The number of rotatable bonds is 5. The van der Waals surface area contributed by atoms with Crippen molar-refractivity contribution in [1.29, 1.82) is 0 Å². The number of hydrogen-bond donors (Lipinski definition) is 2. The Balaban J connectivity index is 1.83. The molecule has 136 valence electrons. The van der Waals surface area contributed by atoms with Crippen LogP contribution in [0, 0.1) is 19.7 Å². The minimum atomic E-state index is -0.857. The summed E-state index contributed by atoms with van der Waals surface area (Å²) in [6.45, 7) is 5.48. The molecule has 6 heteroatoms. The fourth-order valence-corrected chi connectivity index (χ4v) is 2.22. The monoisotopic (exact) mass is 356 g/mol. The van der Waals surface area contributed by atoms with E-state index in [9.17, 15) is 14.0 Å². The number of aryl methyl sites for hydroxylation is 2. The number of carbonyl (C=O) groups excluding carboxylic acids is 2. The summed E-state index contributed by atoms with van der Waals surface area (Å²) in [5.41, 5.74) is 7.70. The molecule has 2 amide bonds. The quantitative estimate of drug-likeness (QED) is 0.639. The Morgan fingerprint density at radius 2 is 1.77 bits per heavy atom. The Hall–Kier alpha value is -3.15. The highest BCUT2D eigenvalue weighted by Crippen LogP contribution is 2.13. The van der Waals surface area contributed by atoms with E-state index in [4.69, 9.17) is 4.74 Å². The van der Waals surface area contributed by atoms with E-state index in [2.05, 4.69) is 10.9 Å². The van der Waals surface area contributed by atoms with E-state index in [1.807, 2.05) is 32.0 Å². The lowest BCUT2D eigenvalue weighted by atomic mass is 10.1. The van der Waals surface area contributed by atoms with Crippen LogP contribution in [0.2, 0.25) is 0 Å². The van der Waals surface area contributed by atoms with Gasteiger partial charge < -0.3 is 4.74 Å². The molecule has 5 nitrogen and oxygen atoms in total. The van der Waals surface area contributed by atoms with Gasteiger partial charge in [0.25, 0.3) is 11.8 Å². The van der Waals surface area contributed by atoms with Crippen molar-refractivity contribution in [3.63, 3.8) is 0 Å². The Morgan fingerprint density at radius 1 is 1.08 bits per heavy atom. The van der Waals surface area contributed by atoms with Crippen LogP contribution in [0.3, 0.4) is 0 Å². The van der Waals surface area contributed by atoms with Crippen LogP contribution in [-0.2, 0) is 9.59 Å². The topological polar surface area (TPSA) is 67.4 Å². The Kier molecular flexibility index (Phi) is 6.49. The van der Waals surface area contributed by atoms with Gasteiger partial charge in [0.15, 0.2) is 6.10 Å². The first kappa shape index (κ1) is 19.2. The lowest BCUT2D eigenvalue weighted by molar-refractivity contribution is -0.131. The lowest BCUT2D eigenvalue weighted by Gasteiger charge is -2.14. The molecule has 0 aliphatic carbocycles. The molecule has 2 aromatic rings. The van der Waals surface area contributed by atoms with Crippen LogP contribution in [0.4, 0.5) is 4.39 Å². The molecule has 0 radical (unpaired) electrons. The van der Waals surface area contributed by atoms with Crippen LogP contribution in [0.25, 0.3) is 6.08 Å². The van der Waals surface area contributed by atoms with Crippen molar-refractivity contribution in [2.75, 3.05) is 0 Å². The second-order valence-electron chi connectivity index (χ2n) is 5.89. The fourth-order valence-electron chi connectivity index (χ4n) is 2.22. The zero-order valence-electron chi connectivity index (χ0n) is 14.9. The Morgan fingerprint density at radius 3 is 2.42 bits per heavy atom. The summed E-state index contributed by atoms with van der Waals surface area (Å²) in [5.74, 6) is -1.03. The summed E-state index contributed by atoms with van der Waals surface area (Å²) < 4.78 is 18.2. The second-order valence-corrected chi connectivity index (χ2v) is 5.89. The molecule has 1 unspecified atom stereocenters. The van der Waals surface area contributed by atoms with E-state index in [-0.39, 0.29) is 0 Å². The van der Waals surface area contributed by atoms with Gasteiger partial charge in [0.1, 0.15) is 11.6 Å². The van der Waals surface area contributed by atoms with E-state index in [1.165, 1.54) is 37.3 Å². The number of ether oxygens (including phenoxy) is 1. The fraction of sp³-hybridized carbons (Fsp3) is 0.200. The number of hydrazine groups is 1. The highest BCUT2D eigenvalue weighted by Gasteiger charge is 2.14. The van der Waals surface area contributed by atoms with Crippen LogP contribution >= 0.6 is 0 Å². The molecule has 0 aliphatic heterocycles. The summed E-state index contributed by atoms with van der Waals surface area (Å²) >= 11 is 0.